The molecule has 0 fully saturated rings. The van der Waals surface area contributed by atoms with E-state index in [4.69, 9.17) is 23.1 Å². The second-order valence-corrected chi connectivity index (χ2v) is 4.92. The number of nitrogens with two attached hydrogens (primary N) is 2. The maximum Gasteiger partial charge on any atom is 0.194 e. The van der Waals surface area contributed by atoms with Gasteiger partial charge >= 0.3 is 0 Å². The van der Waals surface area contributed by atoms with Crippen molar-refractivity contribution in [1.82, 2.24) is 0 Å². The topological polar surface area (TPSA) is 69.1 Å². The van der Waals surface area contributed by atoms with E-state index in [1.54, 1.807) is 18.2 Å². The Hall–Kier alpha value is -2.00. The number of aryl methyl sites for hydroxylation is 1. The van der Waals surface area contributed by atoms with E-state index < -0.39 is 0 Å². The van der Waals surface area contributed by atoms with E-state index in [0.29, 0.717) is 27.5 Å². The minimum atomic E-state index is -0.0442. The number of carbonyl (C=O) groups is 1. The summed E-state index contributed by atoms with van der Waals surface area (Å²) in [4.78, 5) is 12.3. The number of benzene rings is 2. The summed E-state index contributed by atoms with van der Waals surface area (Å²) in [5.74, 6) is -0.0442. The molecular formula is C14H11ClN2O. The van der Waals surface area contributed by atoms with Gasteiger partial charge in [-0.3, -0.25) is 4.79 Å². The third-order valence-electron chi connectivity index (χ3n) is 3.25. The van der Waals surface area contributed by atoms with Crippen LogP contribution in [-0.2, 0) is 0 Å². The Labute approximate surface area is 109 Å². The molecule has 0 radical (unpaired) electrons. The molecule has 0 heterocycles. The molecule has 18 heavy (non-hydrogen) atoms. The van der Waals surface area contributed by atoms with Gasteiger partial charge in [0.1, 0.15) is 0 Å². The molecule has 0 amide bonds. The highest BCUT2D eigenvalue weighted by Gasteiger charge is 2.29. The Morgan fingerprint density at radius 1 is 1.00 bits per heavy atom. The molecule has 0 saturated carbocycles. The van der Waals surface area contributed by atoms with Gasteiger partial charge in [0.2, 0.25) is 0 Å². The maximum absolute atomic E-state index is 12.3. The average molecular weight is 259 g/mol. The summed E-state index contributed by atoms with van der Waals surface area (Å²) in [5, 5.41) is 0.403. The monoisotopic (exact) mass is 258 g/mol. The summed E-state index contributed by atoms with van der Waals surface area (Å²) in [5.41, 5.74) is 16.6. The first-order chi connectivity index (χ1) is 8.49. The number of rotatable bonds is 0. The van der Waals surface area contributed by atoms with Crippen LogP contribution in [0.2, 0.25) is 5.02 Å². The third kappa shape index (κ3) is 1.34. The molecule has 0 unspecified atom stereocenters. The van der Waals surface area contributed by atoms with Crippen molar-refractivity contribution in [3.05, 3.63) is 46.0 Å². The van der Waals surface area contributed by atoms with Crippen molar-refractivity contribution in [2.75, 3.05) is 11.5 Å². The molecule has 0 bridgehead atoms. The zero-order valence-electron chi connectivity index (χ0n) is 9.75. The second kappa shape index (κ2) is 3.50. The molecule has 2 aromatic carbocycles. The highest BCUT2D eigenvalue weighted by molar-refractivity contribution is 6.34. The van der Waals surface area contributed by atoms with Crippen LogP contribution in [0.4, 0.5) is 11.4 Å². The lowest BCUT2D eigenvalue weighted by Gasteiger charge is -2.07. The molecule has 4 heteroatoms. The van der Waals surface area contributed by atoms with Crippen LogP contribution >= 0.6 is 11.6 Å². The Morgan fingerprint density at radius 3 is 2.44 bits per heavy atom. The van der Waals surface area contributed by atoms with Crippen LogP contribution in [0, 0.1) is 6.92 Å². The van der Waals surface area contributed by atoms with Gasteiger partial charge < -0.3 is 11.5 Å². The number of hydrogen-bond acceptors (Lipinski definition) is 3. The fourth-order valence-electron chi connectivity index (χ4n) is 2.48. The van der Waals surface area contributed by atoms with Crippen LogP contribution in [0.5, 0.6) is 0 Å². The summed E-state index contributed by atoms with van der Waals surface area (Å²) in [6.07, 6.45) is 0. The number of anilines is 2. The number of carbonyl (C=O) groups excluding carboxylic acids is 1. The van der Waals surface area contributed by atoms with E-state index in [1.165, 1.54) is 0 Å². The molecule has 3 nitrogen and oxygen atoms in total. The zero-order valence-corrected chi connectivity index (χ0v) is 10.5. The molecule has 0 atom stereocenters. The highest BCUT2D eigenvalue weighted by atomic mass is 35.5. The van der Waals surface area contributed by atoms with E-state index in [1.807, 2.05) is 13.0 Å². The number of ketones is 1. The standard InChI is InChI=1S/C14H11ClN2O/c1-6-2-7(16)3-10-13(6)8-5-12(17)11(15)4-9(8)14(10)18/h2-5H,16-17H2,1H3. The van der Waals surface area contributed by atoms with Crippen molar-refractivity contribution >= 4 is 28.8 Å². The fraction of sp³-hybridized carbons (Fsp3) is 0.0714. The first-order valence-corrected chi connectivity index (χ1v) is 5.91. The molecule has 0 aliphatic heterocycles. The lowest BCUT2D eigenvalue weighted by atomic mass is 9.99. The number of fused-ring (bicyclic) bond motifs is 3. The predicted molar refractivity (Wildman–Crippen MR) is 73.9 cm³/mol. The fourth-order valence-corrected chi connectivity index (χ4v) is 2.65. The van der Waals surface area contributed by atoms with E-state index >= 15 is 0 Å². The molecule has 90 valence electrons. The summed E-state index contributed by atoms with van der Waals surface area (Å²) in [7, 11) is 0. The highest BCUT2D eigenvalue weighted by Crippen LogP contribution is 2.42. The number of halogens is 1. The van der Waals surface area contributed by atoms with Gasteiger partial charge in [-0.05, 0) is 47.9 Å². The molecule has 0 saturated heterocycles. The molecule has 0 spiro atoms. The van der Waals surface area contributed by atoms with Gasteiger partial charge in [0.25, 0.3) is 0 Å². The predicted octanol–water partition coefficient (Wildman–Crippen LogP) is 3.02. The number of nitrogen functional groups attached to an aromatic ring is 2. The van der Waals surface area contributed by atoms with Gasteiger partial charge in [0.15, 0.2) is 5.78 Å². The minimum absolute atomic E-state index is 0.0442. The SMILES string of the molecule is Cc1cc(N)cc2c1-c1cc(N)c(Cl)cc1C2=O. The van der Waals surface area contributed by atoms with Crippen molar-refractivity contribution in [3.63, 3.8) is 0 Å². The molecule has 0 aromatic heterocycles. The van der Waals surface area contributed by atoms with Crippen LogP contribution in [-0.4, -0.2) is 5.78 Å². The summed E-state index contributed by atoms with van der Waals surface area (Å²) in [6, 6.07) is 6.94. The van der Waals surface area contributed by atoms with E-state index in [-0.39, 0.29) is 5.78 Å². The van der Waals surface area contributed by atoms with Crippen molar-refractivity contribution < 1.29 is 4.79 Å². The largest absolute Gasteiger partial charge is 0.399 e. The van der Waals surface area contributed by atoms with Gasteiger partial charge in [-0.15, -0.1) is 0 Å². The lowest BCUT2D eigenvalue weighted by molar-refractivity contribution is 0.104. The normalized spacial score (nSPS) is 12.4. The van der Waals surface area contributed by atoms with Crippen LogP contribution in [0.25, 0.3) is 11.1 Å². The Morgan fingerprint density at radius 2 is 1.72 bits per heavy atom. The summed E-state index contributed by atoms with van der Waals surface area (Å²) < 4.78 is 0. The second-order valence-electron chi connectivity index (χ2n) is 4.51. The van der Waals surface area contributed by atoms with E-state index in [9.17, 15) is 4.79 Å². The lowest BCUT2D eigenvalue weighted by Crippen LogP contribution is -1.97. The van der Waals surface area contributed by atoms with Gasteiger partial charge in [0, 0.05) is 16.8 Å². The maximum atomic E-state index is 12.3. The van der Waals surface area contributed by atoms with Crippen LogP contribution in [0.1, 0.15) is 21.5 Å². The summed E-state index contributed by atoms with van der Waals surface area (Å²) in [6.45, 7) is 1.93. The van der Waals surface area contributed by atoms with E-state index in [2.05, 4.69) is 0 Å². The Bertz CT molecular complexity index is 707. The van der Waals surface area contributed by atoms with Gasteiger partial charge in [-0.1, -0.05) is 11.6 Å². The van der Waals surface area contributed by atoms with Crippen LogP contribution < -0.4 is 11.5 Å². The Balaban J connectivity index is 2.41. The average Bonchev–Trinajstić information content (AvgIpc) is 2.54. The first-order valence-electron chi connectivity index (χ1n) is 5.53. The molecule has 1 aliphatic carbocycles. The Kier molecular flexibility index (Phi) is 2.16. The van der Waals surface area contributed by atoms with Crippen molar-refractivity contribution in [1.29, 1.82) is 0 Å². The molecule has 3 rings (SSSR count). The minimum Gasteiger partial charge on any atom is -0.399 e. The zero-order chi connectivity index (χ0) is 13.0. The van der Waals surface area contributed by atoms with Crippen molar-refractivity contribution in [2.45, 2.75) is 6.92 Å². The van der Waals surface area contributed by atoms with Gasteiger partial charge in [-0.2, -0.15) is 0 Å². The van der Waals surface area contributed by atoms with E-state index in [0.717, 1.165) is 16.7 Å². The van der Waals surface area contributed by atoms with Crippen molar-refractivity contribution in [3.8, 4) is 11.1 Å². The molecule has 2 aromatic rings. The molecular weight excluding hydrogens is 248 g/mol. The van der Waals surface area contributed by atoms with Crippen molar-refractivity contribution in [2.24, 2.45) is 0 Å². The molecule has 1 aliphatic rings. The van der Waals surface area contributed by atoms with Gasteiger partial charge in [0.05, 0.1) is 10.7 Å². The first kappa shape index (κ1) is 11.1. The van der Waals surface area contributed by atoms with Gasteiger partial charge in [-0.25, -0.2) is 0 Å². The smallest absolute Gasteiger partial charge is 0.194 e. The summed E-state index contributed by atoms with van der Waals surface area (Å²) >= 11 is 5.97. The molecule has 4 N–H and O–H groups in total. The number of hydrogen-bond donors (Lipinski definition) is 2. The van der Waals surface area contributed by atoms with Crippen LogP contribution in [0.3, 0.4) is 0 Å². The third-order valence-corrected chi connectivity index (χ3v) is 3.58. The quantitative estimate of drug-likeness (QED) is 0.609. The van der Waals surface area contributed by atoms with Crippen LogP contribution in [0.15, 0.2) is 24.3 Å².